The molecule has 0 unspecified atom stereocenters. The lowest BCUT2D eigenvalue weighted by Crippen LogP contribution is -2.49. The van der Waals surface area contributed by atoms with Crippen LogP contribution in [0.5, 0.6) is 0 Å². The van der Waals surface area contributed by atoms with Crippen molar-refractivity contribution in [2.45, 2.75) is 33.4 Å². The highest BCUT2D eigenvalue weighted by atomic mass is 35.5. The second kappa shape index (κ2) is 9.45. The number of aromatic nitrogens is 2. The van der Waals surface area contributed by atoms with E-state index in [0.717, 1.165) is 11.1 Å². The van der Waals surface area contributed by atoms with Crippen molar-refractivity contribution in [2.24, 2.45) is 0 Å². The average Bonchev–Trinajstić information content (AvgIpc) is 3.02. The summed E-state index contributed by atoms with van der Waals surface area (Å²) in [6.07, 6.45) is 0. The van der Waals surface area contributed by atoms with Crippen LogP contribution >= 0.6 is 11.6 Å². The summed E-state index contributed by atoms with van der Waals surface area (Å²) in [5.74, 6) is -3.97. The van der Waals surface area contributed by atoms with E-state index in [1.54, 1.807) is 12.1 Å². The minimum atomic E-state index is -1.55. The molecule has 0 spiro atoms. The number of carboxylic acids is 1. The average molecular weight is 477 g/mol. The van der Waals surface area contributed by atoms with E-state index in [1.807, 2.05) is 13.8 Å². The zero-order valence-electron chi connectivity index (χ0n) is 18.1. The Morgan fingerprint density at radius 2 is 1.82 bits per heavy atom. The number of fused-ring (bicyclic) bond motifs is 1. The largest absolute Gasteiger partial charge is 0.480 e. The van der Waals surface area contributed by atoms with Crippen molar-refractivity contribution >= 4 is 40.4 Å². The quantitative estimate of drug-likeness (QED) is 0.414. The third kappa shape index (κ3) is 5.06. The van der Waals surface area contributed by atoms with Crippen LogP contribution in [0.3, 0.4) is 0 Å². The van der Waals surface area contributed by atoms with Gasteiger partial charge in [0.05, 0.1) is 21.6 Å². The molecule has 0 aliphatic carbocycles. The molecule has 33 heavy (non-hydrogen) atoms. The summed E-state index contributed by atoms with van der Waals surface area (Å²) in [6.45, 7) is 4.36. The number of aliphatic carboxylic acids is 1. The first-order chi connectivity index (χ1) is 15.5. The summed E-state index contributed by atoms with van der Waals surface area (Å²) < 4.78 is 15.5. The normalized spacial score (nSPS) is 11.9. The number of carbonyl (C=O) groups excluding carboxylic acids is 2. The number of imidazole rings is 1. The number of carboxylic acid groups (broad SMARTS) is 1. The van der Waals surface area contributed by atoms with Crippen molar-refractivity contribution in [1.29, 1.82) is 0 Å². The third-order valence-corrected chi connectivity index (χ3v) is 5.62. The SMILES string of the molecule is Cc1cc2[nH]c(=O)n(CC(=O)NC[C@H](NC(=O)c3c(Cl)ccc(C)c3F)C(=O)O)c2cc1C. The minimum absolute atomic E-state index is 0.166. The van der Waals surface area contributed by atoms with E-state index in [1.165, 1.54) is 23.6 Å². The lowest BCUT2D eigenvalue weighted by molar-refractivity contribution is -0.139. The van der Waals surface area contributed by atoms with Crippen LogP contribution in [0.25, 0.3) is 11.0 Å². The fourth-order valence-corrected chi connectivity index (χ4v) is 3.52. The zero-order valence-corrected chi connectivity index (χ0v) is 18.8. The predicted molar refractivity (Wildman–Crippen MR) is 120 cm³/mol. The molecule has 2 amide bonds. The fourth-order valence-electron chi connectivity index (χ4n) is 3.28. The Kier molecular flexibility index (Phi) is 6.87. The van der Waals surface area contributed by atoms with Gasteiger partial charge in [-0.3, -0.25) is 14.2 Å². The van der Waals surface area contributed by atoms with Crippen LogP contribution in [0.1, 0.15) is 27.0 Å². The molecule has 0 saturated heterocycles. The van der Waals surface area contributed by atoms with Gasteiger partial charge in [-0.15, -0.1) is 0 Å². The molecule has 1 atom stereocenters. The minimum Gasteiger partial charge on any atom is -0.480 e. The Bertz CT molecular complexity index is 1330. The number of hydrogen-bond donors (Lipinski definition) is 4. The van der Waals surface area contributed by atoms with E-state index in [2.05, 4.69) is 15.6 Å². The number of halogens is 2. The van der Waals surface area contributed by atoms with Gasteiger partial charge in [0.2, 0.25) is 5.91 Å². The van der Waals surface area contributed by atoms with Gasteiger partial charge in [-0.25, -0.2) is 14.0 Å². The first kappa shape index (κ1) is 24.0. The Morgan fingerprint density at radius 1 is 1.15 bits per heavy atom. The maximum absolute atomic E-state index is 14.3. The van der Waals surface area contributed by atoms with Crippen molar-refractivity contribution in [3.63, 3.8) is 0 Å². The summed E-state index contributed by atoms with van der Waals surface area (Å²) >= 11 is 5.90. The van der Waals surface area contributed by atoms with Gasteiger partial charge < -0.3 is 20.7 Å². The van der Waals surface area contributed by atoms with E-state index in [9.17, 15) is 28.7 Å². The van der Waals surface area contributed by atoms with E-state index in [-0.39, 0.29) is 17.1 Å². The third-order valence-electron chi connectivity index (χ3n) is 5.31. The first-order valence-corrected chi connectivity index (χ1v) is 10.3. The second-order valence-corrected chi connectivity index (χ2v) is 8.10. The number of benzene rings is 2. The van der Waals surface area contributed by atoms with Crippen LogP contribution in [0.15, 0.2) is 29.1 Å². The molecule has 0 aliphatic heterocycles. The summed E-state index contributed by atoms with van der Waals surface area (Å²) in [5, 5.41) is 13.8. The van der Waals surface area contributed by atoms with Crippen LogP contribution in [0.4, 0.5) is 4.39 Å². The van der Waals surface area contributed by atoms with Gasteiger partial charge in [-0.05, 0) is 55.7 Å². The Balaban J connectivity index is 1.71. The molecular weight excluding hydrogens is 455 g/mol. The summed E-state index contributed by atoms with van der Waals surface area (Å²) in [5.41, 5.74) is 2.22. The standard InChI is InChI=1S/C22H22ClFN4O5/c1-10-4-5-13(23)18(19(10)24)20(30)26-15(21(31)32)8-25-17(29)9-28-16-7-12(3)11(2)6-14(16)27-22(28)33/h4-7,15H,8-9H2,1-3H3,(H,25,29)(H,26,30)(H,27,33)(H,31,32)/t15-/m0/s1. The van der Waals surface area contributed by atoms with Crippen LogP contribution < -0.4 is 16.3 Å². The molecule has 3 aromatic rings. The van der Waals surface area contributed by atoms with Crippen molar-refractivity contribution in [3.8, 4) is 0 Å². The Morgan fingerprint density at radius 3 is 2.48 bits per heavy atom. The first-order valence-electron chi connectivity index (χ1n) is 9.94. The van der Waals surface area contributed by atoms with E-state index < -0.39 is 47.4 Å². The van der Waals surface area contributed by atoms with Gasteiger partial charge in [0.25, 0.3) is 5.91 Å². The summed E-state index contributed by atoms with van der Waals surface area (Å²) in [7, 11) is 0. The number of rotatable bonds is 7. The molecule has 174 valence electrons. The maximum Gasteiger partial charge on any atom is 0.328 e. The molecule has 11 heteroatoms. The number of nitrogens with zero attached hydrogens (tertiary/aromatic N) is 1. The number of hydrogen-bond acceptors (Lipinski definition) is 4. The molecule has 9 nitrogen and oxygen atoms in total. The topological polar surface area (TPSA) is 133 Å². The van der Waals surface area contributed by atoms with Crippen LogP contribution in [0.2, 0.25) is 5.02 Å². The molecule has 0 aliphatic rings. The van der Waals surface area contributed by atoms with E-state index >= 15 is 0 Å². The molecule has 1 aromatic heterocycles. The highest BCUT2D eigenvalue weighted by molar-refractivity contribution is 6.34. The molecule has 0 bridgehead atoms. The molecule has 3 rings (SSSR count). The van der Waals surface area contributed by atoms with Gasteiger partial charge in [-0.2, -0.15) is 0 Å². The zero-order chi connectivity index (χ0) is 24.4. The summed E-state index contributed by atoms with van der Waals surface area (Å²) in [6, 6.07) is 4.73. The maximum atomic E-state index is 14.3. The van der Waals surface area contributed by atoms with Crippen molar-refractivity contribution < 1.29 is 23.9 Å². The monoisotopic (exact) mass is 476 g/mol. The number of H-pyrrole nitrogens is 1. The fraction of sp³-hybridized carbons (Fsp3) is 0.273. The van der Waals surface area contributed by atoms with Crippen LogP contribution in [-0.2, 0) is 16.1 Å². The van der Waals surface area contributed by atoms with Crippen molar-refractivity contribution in [1.82, 2.24) is 20.2 Å². The van der Waals surface area contributed by atoms with Crippen molar-refractivity contribution in [3.05, 3.63) is 67.8 Å². The Labute approximate surface area is 192 Å². The molecule has 2 aromatic carbocycles. The summed E-state index contributed by atoms with van der Waals surface area (Å²) in [4.78, 5) is 51.4. The number of aryl methyl sites for hydroxylation is 3. The lowest BCUT2D eigenvalue weighted by Gasteiger charge is -2.17. The molecule has 1 heterocycles. The van der Waals surface area contributed by atoms with Gasteiger partial charge in [0.1, 0.15) is 18.4 Å². The van der Waals surface area contributed by atoms with Gasteiger partial charge in [0, 0.05) is 6.54 Å². The van der Waals surface area contributed by atoms with Gasteiger partial charge in [-0.1, -0.05) is 17.7 Å². The highest BCUT2D eigenvalue weighted by Crippen LogP contribution is 2.22. The van der Waals surface area contributed by atoms with Crippen LogP contribution in [0, 0.1) is 26.6 Å². The number of nitrogens with one attached hydrogen (secondary N) is 3. The second-order valence-electron chi connectivity index (χ2n) is 7.69. The molecule has 0 radical (unpaired) electrons. The molecule has 0 fully saturated rings. The molecular formula is C22H22ClFN4O5. The van der Waals surface area contributed by atoms with Gasteiger partial charge in [0.15, 0.2) is 0 Å². The van der Waals surface area contributed by atoms with Crippen molar-refractivity contribution in [2.75, 3.05) is 6.54 Å². The van der Waals surface area contributed by atoms with E-state index in [0.29, 0.717) is 11.0 Å². The smallest absolute Gasteiger partial charge is 0.328 e. The lowest BCUT2D eigenvalue weighted by atomic mass is 10.1. The number of carbonyl (C=O) groups is 3. The Hall–Kier alpha value is -3.66. The number of aromatic amines is 1. The highest BCUT2D eigenvalue weighted by Gasteiger charge is 2.25. The molecule has 0 saturated carbocycles. The van der Waals surface area contributed by atoms with Crippen LogP contribution in [-0.4, -0.2) is 45.0 Å². The van der Waals surface area contributed by atoms with E-state index in [4.69, 9.17) is 11.6 Å². The van der Waals surface area contributed by atoms with Gasteiger partial charge >= 0.3 is 11.7 Å². The molecule has 4 N–H and O–H groups in total. The predicted octanol–water partition coefficient (Wildman–Crippen LogP) is 2.05. The number of amides is 2.